The first kappa shape index (κ1) is 20.7. The molecular formula is C20H27N3O4. The Morgan fingerprint density at radius 2 is 2.26 bits per heavy atom. The highest BCUT2D eigenvalue weighted by Gasteiger charge is 2.22. The number of carbonyl (C=O) groups excluding carboxylic acids is 2. The lowest BCUT2D eigenvalue weighted by Gasteiger charge is -2.14. The zero-order valence-electron chi connectivity index (χ0n) is 16.4. The lowest BCUT2D eigenvalue weighted by molar-refractivity contribution is -0.150. The minimum absolute atomic E-state index is 0.136. The van der Waals surface area contributed by atoms with Crippen LogP contribution in [0.5, 0.6) is 0 Å². The van der Waals surface area contributed by atoms with Gasteiger partial charge in [0.25, 0.3) is 5.91 Å². The summed E-state index contributed by atoms with van der Waals surface area (Å²) in [6.45, 7) is 9.19. The summed E-state index contributed by atoms with van der Waals surface area (Å²) in [4.78, 5) is 24.0. The summed E-state index contributed by atoms with van der Waals surface area (Å²) in [6, 6.07) is 3.81. The van der Waals surface area contributed by atoms with Crippen molar-refractivity contribution in [1.82, 2.24) is 9.88 Å². The number of ether oxygens (including phenoxy) is 2. The van der Waals surface area contributed by atoms with Crippen molar-refractivity contribution in [2.45, 2.75) is 59.3 Å². The molecule has 0 aliphatic carbocycles. The standard InChI is InChI=1S/C20H27N3O4/c1-5-22-19(24)15(4)27-20(25)17(11-21)10-16-9-13(2)23(14(16)3)12-18-7-6-8-26-18/h9-10,15,18H,5-8,12H2,1-4H3,(H,22,24)/b17-10+/t15-,18-/m1/s1. The average Bonchev–Trinajstić information content (AvgIpc) is 3.23. The molecule has 0 aromatic carbocycles. The quantitative estimate of drug-likeness (QED) is 0.449. The van der Waals surface area contributed by atoms with E-state index in [-0.39, 0.29) is 11.7 Å². The van der Waals surface area contributed by atoms with Crippen molar-refractivity contribution in [1.29, 1.82) is 5.26 Å². The summed E-state index contributed by atoms with van der Waals surface area (Å²) >= 11 is 0. The number of likely N-dealkylation sites (N-methyl/N-ethyl adjacent to an activating group) is 1. The number of hydrogen-bond donors (Lipinski definition) is 1. The van der Waals surface area contributed by atoms with Gasteiger partial charge < -0.3 is 19.4 Å². The van der Waals surface area contributed by atoms with Crippen LogP contribution in [0.15, 0.2) is 11.6 Å². The molecule has 1 N–H and O–H groups in total. The van der Waals surface area contributed by atoms with Crippen molar-refractivity contribution >= 4 is 18.0 Å². The third kappa shape index (κ3) is 5.20. The number of nitrogens with zero attached hydrogens (tertiary/aromatic N) is 2. The molecule has 146 valence electrons. The van der Waals surface area contributed by atoms with Gasteiger partial charge >= 0.3 is 5.97 Å². The van der Waals surface area contributed by atoms with Crippen LogP contribution in [-0.2, 0) is 25.6 Å². The maximum atomic E-state index is 12.3. The van der Waals surface area contributed by atoms with Gasteiger partial charge in [-0.1, -0.05) is 0 Å². The van der Waals surface area contributed by atoms with Crippen LogP contribution in [-0.4, -0.2) is 41.8 Å². The molecule has 1 aliphatic rings. The van der Waals surface area contributed by atoms with Gasteiger partial charge in [-0.15, -0.1) is 0 Å². The normalized spacial score (nSPS) is 18.0. The van der Waals surface area contributed by atoms with E-state index in [0.717, 1.165) is 42.9 Å². The number of nitriles is 1. The van der Waals surface area contributed by atoms with Crippen molar-refractivity contribution in [3.8, 4) is 6.07 Å². The van der Waals surface area contributed by atoms with Crippen molar-refractivity contribution in [2.75, 3.05) is 13.2 Å². The zero-order valence-corrected chi connectivity index (χ0v) is 16.4. The summed E-state index contributed by atoms with van der Waals surface area (Å²) in [7, 11) is 0. The fourth-order valence-corrected chi connectivity index (χ4v) is 3.13. The predicted octanol–water partition coefficient (Wildman–Crippen LogP) is 2.26. The van der Waals surface area contributed by atoms with E-state index in [0.29, 0.717) is 6.54 Å². The van der Waals surface area contributed by atoms with Gasteiger partial charge in [0.15, 0.2) is 6.10 Å². The molecule has 1 aromatic rings. The molecule has 2 rings (SSSR count). The number of carbonyl (C=O) groups is 2. The number of nitrogens with one attached hydrogen (secondary N) is 1. The predicted molar refractivity (Wildman–Crippen MR) is 101 cm³/mol. The topological polar surface area (TPSA) is 93.4 Å². The largest absolute Gasteiger partial charge is 0.448 e. The number of rotatable bonds is 7. The molecule has 1 fully saturated rings. The summed E-state index contributed by atoms with van der Waals surface area (Å²) < 4.78 is 12.9. The van der Waals surface area contributed by atoms with Crippen molar-refractivity contribution < 1.29 is 19.1 Å². The first-order valence-corrected chi connectivity index (χ1v) is 9.26. The van der Waals surface area contributed by atoms with Crippen molar-refractivity contribution in [3.05, 3.63) is 28.6 Å². The van der Waals surface area contributed by atoms with Gasteiger partial charge in [0.1, 0.15) is 11.6 Å². The fraction of sp³-hybridized carbons (Fsp3) is 0.550. The van der Waals surface area contributed by atoms with Gasteiger partial charge in [0.05, 0.1) is 6.10 Å². The van der Waals surface area contributed by atoms with Crippen LogP contribution >= 0.6 is 0 Å². The zero-order chi connectivity index (χ0) is 20.0. The Kier molecular flexibility index (Phi) is 7.19. The monoisotopic (exact) mass is 373 g/mol. The maximum Gasteiger partial charge on any atom is 0.349 e. The van der Waals surface area contributed by atoms with Gasteiger partial charge in [0, 0.05) is 31.1 Å². The second-order valence-electron chi connectivity index (χ2n) is 6.68. The van der Waals surface area contributed by atoms with Gasteiger partial charge in [0.2, 0.25) is 0 Å². The summed E-state index contributed by atoms with van der Waals surface area (Å²) in [5.41, 5.74) is 2.64. The van der Waals surface area contributed by atoms with E-state index >= 15 is 0 Å². The Balaban J connectivity index is 2.16. The molecule has 0 radical (unpaired) electrons. The van der Waals surface area contributed by atoms with Crippen LogP contribution in [0.1, 0.15) is 43.6 Å². The second-order valence-corrected chi connectivity index (χ2v) is 6.68. The lowest BCUT2D eigenvalue weighted by Crippen LogP contribution is -2.35. The Morgan fingerprint density at radius 3 is 2.85 bits per heavy atom. The van der Waals surface area contributed by atoms with Gasteiger partial charge in [-0.3, -0.25) is 4.79 Å². The number of esters is 1. The molecule has 1 aromatic heterocycles. The highest BCUT2D eigenvalue weighted by Crippen LogP contribution is 2.22. The molecule has 0 unspecified atom stereocenters. The Hall–Kier alpha value is -2.59. The molecule has 27 heavy (non-hydrogen) atoms. The highest BCUT2D eigenvalue weighted by atomic mass is 16.5. The van der Waals surface area contributed by atoms with E-state index < -0.39 is 18.0 Å². The minimum atomic E-state index is -0.957. The number of aryl methyl sites for hydroxylation is 1. The molecule has 1 amide bonds. The lowest BCUT2D eigenvalue weighted by atomic mass is 10.1. The molecule has 0 saturated carbocycles. The van der Waals surface area contributed by atoms with Crippen LogP contribution in [0.2, 0.25) is 0 Å². The second kappa shape index (κ2) is 9.38. The van der Waals surface area contributed by atoms with E-state index in [4.69, 9.17) is 9.47 Å². The molecular weight excluding hydrogens is 346 g/mol. The Labute approximate surface area is 159 Å². The van der Waals surface area contributed by atoms with E-state index in [2.05, 4.69) is 9.88 Å². The van der Waals surface area contributed by atoms with E-state index in [1.165, 1.54) is 13.0 Å². The van der Waals surface area contributed by atoms with Crippen molar-refractivity contribution in [2.24, 2.45) is 0 Å². The number of hydrogen-bond acceptors (Lipinski definition) is 5. The third-order valence-corrected chi connectivity index (χ3v) is 4.67. The van der Waals surface area contributed by atoms with Crippen LogP contribution < -0.4 is 5.32 Å². The molecule has 2 heterocycles. The van der Waals surface area contributed by atoms with Crippen LogP contribution in [0.4, 0.5) is 0 Å². The van der Waals surface area contributed by atoms with E-state index in [1.807, 2.05) is 26.0 Å². The van der Waals surface area contributed by atoms with E-state index in [1.54, 1.807) is 6.92 Å². The number of aromatic nitrogens is 1. The fourth-order valence-electron chi connectivity index (χ4n) is 3.13. The molecule has 7 heteroatoms. The third-order valence-electron chi connectivity index (χ3n) is 4.67. The van der Waals surface area contributed by atoms with Crippen LogP contribution in [0, 0.1) is 25.2 Å². The Bertz CT molecular complexity index is 767. The van der Waals surface area contributed by atoms with Gasteiger partial charge in [-0.2, -0.15) is 5.26 Å². The van der Waals surface area contributed by atoms with Gasteiger partial charge in [-0.05, 0) is 58.2 Å². The molecule has 0 bridgehead atoms. The summed E-state index contributed by atoms with van der Waals surface area (Å²) in [6.07, 6.45) is 2.87. The smallest absolute Gasteiger partial charge is 0.349 e. The first-order valence-electron chi connectivity index (χ1n) is 9.26. The summed E-state index contributed by atoms with van der Waals surface area (Å²) in [5, 5.41) is 11.9. The number of amides is 1. The van der Waals surface area contributed by atoms with Gasteiger partial charge in [-0.25, -0.2) is 4.79 Å². The van der Waals surface area contributed by atoms with Crippen LogP contribution in [0.3, 0.4) is 0 Å². The first-order chi connectivity index (χ1) is 12.9. The van der Waals surface area contributed by atoms with Crippen molar-refractivity contribution in [3.63, 3.8) is 0 Å². The average molecular weight is 373 g/mol. The Morgan fingerprint density at radius 1 is 1.52 bits per heavy atom. The SMILES string of the molecule is CCNC(=O)[C@@H](C)OC(=O)/C(C#N)=C/c1cc(C)n(C[C@H]2CCCO2)c1C. The molecule has 7 nitrogen and oxygen atoms in total. The van der Waals surface area contributed by atoms with Crippen LogP contribution in [0.25, 0.3) is 6.08 Å². The molecule has 1 saturated heterocycles. The molecule has 1 aliphatic heterocycles. The summed E-state index contributed by atoms with van der Waals surface area (Å²) in [5.74, 6) is -1.20. The molecule has 2 atom stereocenters. The minimum Gasteiger partial charge on any atom is -0.448 e. The highest BCUT2D eigenvalue weighted by molar-refractivity contribution is 5.99. The van der Waals surface area contributed by atoms with E-state index in [9.17, 15) is 14.9 Å². The molecule has 0 spiro atoms. The maximum absolute atomic E-state index is 12.3.